The minimum atomic E-state index is -2.71. The molecular formula is C32H31ClF4N6O2S. The van der Waals surface area contributed by atoms with Gasteiger partial charge in [-0.2, -0.15) is 15.2 Å². The Balaban J connectivity index is 0.00000119. The number of alkyl halides is 2. The van der Waals surface area contributed by atoms with Crippen LogP contribution in [0.1, 0.15) is 38.2 Å². The standard InChI is InChI=1S/C29H25ClF4N6O2S.C3H6/c30-21-19(14-3-4-16(31)25-18(14)15(11-35)26(36)43-25)22(34)23-20-24(21)41-10-9-39(12-17(32)33)27(20)38-28(37-23)42-13-29-5-1-7-40(29)8-2-6-29;1-3-2/h3-4,17H,1-2,5-10,12-13,36H2;3H,1H2,2H3. The summed E-state index contributed by atoms with van der Waals surface area (Å²) in [6, 6.07) is 4.29. The third kappa shape index (κ3) is 5.36. The number of thiophene rings is 1. The van der Waals surface area contributed by atoms with E-state index >= 15 is 4.39 Å². The van der Waals surface area contributed by atoms with Gasteiger partial charge < -0.3 is 20.1 Å². The van der Waals surface area contributed by atoms with Crippen molar-refractivity contribution in [2.24, 2.45) is 0 Å². The summed E-state index contributed by atoms with van der Waals surface area (Å²) in [4.78, 5) is 12.6. The summed E-state index contributed by atoms with van der Waals surface area (Å²) in [6.07, 6.45) is 3.01. The number of ether oxygens (including phenoxy) is 2. The van der Waals surface area contributed by atoms with Crippen LogP contribution in [0.4, 0.5) is 28.4 Å². The number of halogens is 5. The van der Waals surface area contributed by atoms with E-state index in [9.17, 15) is 18.4 Å². The first-order valence-corrected chi connectivity index (χ1v) is 16.1. The normalized spacial score (nSPS) is 17.0. The molecule has 0 unspecified atom stereocenters. The van der Waals surface area contributed by atoms with Crippen molar-refractivity contribution in [3.8, 4) is 29.0 Å². The molecule has 2 saturated heterocycles. The monoisotopic (exact) mass is 674 g/mol. The quantitative estimate of drug-likeness (QED) is 0.165. The second kappa shape index (κ2) is 12.7. The Morgan fingerprint density at radius 3 is 2.61 bits per heavy atom. The number of anilines is 2. The number of aromatic nitrogens is 2. The molecule has 7 rings (SSSR count). The lowest BCUT2D eigenvalue weighted by molar-refractivity contribution is 0.107. The van der Waals surface area contributed by atoms with Gasteiger partial charge in [-0.05, 0) is 57.3 Å². The number of hydrogen-bond acceptors (Lipinski definition) is 9. The van der Waals surface area contributed by atoms with Crippen LogP contribution >= 0.6 is 22.9 Å². The summed E-state index contributed by atoms with van der Waals surface area (Å²) in [5.41, 5.74) is 5.53. The molecular weight excluding hydrogens is 644 g/mol. The molecule has 2 fully saturated rings. The predicted octanol–water partition coefficient (Wildman–Crippen LogP) is 7.56. The van der Waals surface area contributed by atoms with Crippen molar-refractivity contribution in [3.63, 3.8) is 0 Å². The maximum Gasteiger partial charge on any atom is 0.319 e. The van der Waals surface area contributed by atoms with Crippen LogP contribution in [0.5, 0.6) is 11.8 Å². The maximum atomic E-state index is 16.8. The number of nitriles is 1. The average Bonchev–Trinajstić information content (AvgIpc) is 3.67. The number of nitrogens with two attached hydrogens (primary N) is 1. The molecule has 2 aromatic heterocycles. The summed E-state index contributed by atoms with van der Waals surface area (Å²) in [5, 5.41) is 9.84. The molecule has 8 nitrogen and oxygen atoms in total. The van der Waals surface area contributed by atoms with Gasteiger partial charge in [0, 0.05) is 10.9 Å². The fraction of sp³-hybridized carbons (Fsp3) is 0.406. The zero-order valence-corrected chi connectivity index (χ0v) is 26.6. The predicted molar refractivity (Wildman–Crippen MR) is 172 cm³/mol. The van der Waals surface area contributed by atoms with E-state index in [1.807, 2.05) is 13.0 Å². The lowest BCUT2D eigenvalue weighted by Gasteiger charge is -2.31. The third-order valence-corrected chi connectivity index (χ3v) is 10.1. The highest BCUT2D eigenvalue weighted by atomic mass is 35.5. The Hall–Kier alpha value is -3.86. The van der Waals surface area contributed by atoms with Crippen molar-refractivity contribution < 1.29 is 27.0 Å². The Labute approximate surface area is 272 Å². The number of nitrogen functional groups attached to an aromatic ring is 1. The molecule has 0 spiro atoms. The van der Waals surface area contributed by atoms with Crippen LogP contribution < -0.4 is 20.1 Å². The molecule has 5 heterocycles. The smallest absolute Gasteiger partial charge is 0.319 e. The second-order valence-electron chi connectivity index (χ2n) is 11.4. The molecule has 0 saturated carbocycles. The Morgan fingerprint density at radius 2 is 1.93 bits per heavy atom. The molecule has 0 radical (unpaired) electrons. The van der Waals surface area contributed by atoms with Crippen molar-refractivity contribution >= 4 is 54.7 Å². The van der Waals surface area contributed by atoms with Gasteiger partial charge in [-0.3, -0.25) is 4.90 Å². The molecule has 14 heteroatoms. The molecule has 3 aliphatic rings. The number of fused-ring (bicyclic) bond motifs is 2. The van der Waals surface area contributed by atoms with E-state index in [-0.39, 0.29) is 90.6 Å². The molecule has 0 aliphatic carbocycles. The van der Waals surface area contributed by atoms with Crippen molar-refractivity contribution in [2.45, 2.75) is 44.6 Å². The number of nitrogens with zero attached hydrogens (tertiary/aromatic N) is 5. The zero-order chi connectivity index (χ0) is 32.7. The second-order valence-corrected chi connectivity index (χ2v) is 12.9. The van der Waals surface area contributed by atoms with E-state index in [0.717, 1.165) is 56.2 Å². The van der Waals surface area contributed by atoms with E-state index in [2.05, 4.69) is 21.4 Å². The van der Waals surface area contributed by atoms with Crippen LogP contribution in [-0.4, -0.2) is 66.2 Å². The SMILES string of the molecule is C=CC.N#Cc1c(N)sc2c(F)ccc(-c3c(Cl)c4c5c(nc(OCC67CCCN6CCC7)nc5c3F)N(CC(F)F)CCO4)c12. The lowest BCUT2D eigenvalue weighted by atomic mass is 9.95. The van der Waals surface area contributed by atoms with Gasteiger partial charge in [-0.1, -0.05) is 23.7 Å². The molecule has 3 aliphatic heterocycles. The van der Waals surface area contributed by atoms with Crippen molar-refractivity contribution in [1.82, 2.24) is 14.9 Å². The van der Waals surface area contributed by atoms with Crippen LogP contribution in [0.25, 0.3) is 32.1 Å². The minimum Gasteiger partial charge on any atom is -0.489 e. The van der Waals surface area contributed by atoms with Gasteiger partial charge in [0.25, 0.3) is 6.43 Å². The summed E-state index contributed by atoms with van der Waals surface area (Å²) in [7, 11) is 0. The van der Waals surface area contributed by atoms with Crippen LogP contribution in [0.2, 0.25) is 5.02 Å². The Bertz CT molecular complexity index is 1870. The van der Waals surface area contributed by atoms with Crippen LogP contribution in [-0.2, 0) is 0 Å². The molecule has 0 amide bonds. The minimum absolute atomic E-state index is 0.00178. The zero-order valence-electron chi connectivity index (χ0n) is 25.0. The topological polar surface area (TPSA) is 101 Å². The number of hydrogen-bond donors (Lipinski definition) is 1. The van der Waals surface area contributed by atoms with E-state index in [4.69, 9.17) is 26.8 Å². The maximum absolute atomic E-state index is 16.8. The van der Waals surface area contributed by atoms with Gasteiger partial charge in [-0.15, -0.1) is 17.9 Å². The highest BCUT2D eigenvalue weighted by Gasteiger charge is 2.45. The van der Waals surface area contributed by atoms with Crippen molar-refractivity contribution in [3.05, 3.63) is 47.0 Å². The molecule has 0 atom stereocenters. The van der Waals surface area contributed by atoms with Gasteiger partial charge in [0.15, 0.2) is 11.6 Å². The van der Waals surface area contributed by atoms with Crippen LogP contribution in [0, 0.1) is 23.0 Å². The largest absolute Gasteiger partial charge is 0.489 e. The van der Waals surface area contributed by atoms with Gasteiger partial charge in [0.1, 0.15) is 41.4 Å². The number of benzene rings is 2. The van der Waals surface area contributed by atoms with Gasteiger partial charge in [-0.25, -0.2) is 17.6 Å². The lowest BCUT2D eigenvalue weighted by Crippen LogP contribution is -2.43. The molecule has 2 aromatic carbocycles. The molecule has 4 aromatic rings. The first kappa shape index (κ1) is 32.1. The molecule has 46 heavy (non-hydrogen) atoms. The first-order valence-electron chi connectivity index (χ1n) is 14.9. The number of allylic oxidation sites excluding steroid dienone is 1. The van der Waals surface area contributed by atoms with E-state index < -0.39 is 24.6 Å². The van der Waals surface area contributed by atoms with E-state index in [0.29, 0.717) is 0 Å². The van der Waals surface area contributed by atoms with Crippen molar-refractivity contribution in [2.75, 3.05) is 50.0 Å². The van der Waals surface area contributed by atoms with Crippen molar-refractivity contribution in [1.29, 1.82) is 5.26 Å². The average molecular weight is 675 g/mol. The van der Waals surface area contributed by atoms with E-state index in [1.165, 1.54) is 11.0 Å². The fourth-order valence-electron chi connectivity index (χ4n) is 6.78. The molecule has 2 N–H and O–H groups in total. The summed E-state index contributed by atoms with van der Waals surface area (Å²) < 4.78 is 71.1. The molecule has 242 valence electrons. The summed E-state index contributed by atoms with van der Waals surface area (Å²) in [5.74, 6) is -1.52. The van der Waals surface area contributed by atoms with Gasteiger partial charge >= 0.3 is 6.01 Å². The Morgan fingerprint density at radius 1 is 1.22 bits per heavy atom. The van der Waals surface area contributed by atoms with E-state index in [1.54, 1.807) is 6.08 Å². The fourth-order valence-corrected chi connectivity index (χ4v) is 8.06. The van der Waals surface area contributed by atoms with Gasteiger partial charge in [0.05, 0.1) is 39.3 Å². The van der Waals surface area contributed by atoms with Gasteiger partial charge in [0.2, 0.25) is 0 Å². The molecule has 0 bridgehead atoms. The van der Waals surface area contributed by atoms with Crippen LogP contribution in [0.3, 0.4) is 0 Å². The first-order chi connectivity index (χ1) is 22.1. The summed E-state index contributed by atoms with van der Waals surface area (Å²) in [6.45, 7) is 6.76. The number of rotatable bonds is 6. The highest BCUT2D eigenvalue weighted by Crippen LogP contribution is 2.51. The highest BCUT2D eigenvalue weighted by molar-refractivity contribution is 7.23. The van der Waals surface area contributed by atoms with Crippen LogP contribution in [0.15, 0.2) is 24.8 Å². The summed E-state index contributed by atoms with van der Waals surface area (Å²) >= 11 is 7.69. The third-order valence-electron chi connectivity index (χ3n) is 8.69. The Kier molecular flexibility index (Phi) is 8.89.